The van der Waals surface area contributed by atoms with Crippen LogP contribution in [0.15, 0.2) is 58.6 Å². The molecule has 0 aliphatic heterocycles. The summed E-state index contributed by atoms with van der Waals surface area (Å²) in [6, 6.07) is 7.64. The average Bonchev–Trinajstić information content (AvgIpc) is 2.81. The first-order valence-electron chi connectivity index (χ1n) is 9.51. The summed E-state index contributed by atoms with van der Waals surface area (Å²) in [5, 5.41) is 4.84. The highest BCUT2D eigenvalue weighted by Crippen LogP contribution is 2.25. The average molecular weight is 497 g/mol. The van der Waals surface area contributed by atoms with E-state index in [0.717, 1.165) is 27.7 Å². The first-order valence-corrected chi connectivity index (χ1v) is 10.6. The van der Waals surface area contributed by atoms with E-state index in [0.29, 0.717) is 5.69 Å². The minimum absolute atomic E-state index is 0.0875. The van der Waals surface area contributed by atoms with Crippen molar-refractivity contribution < 1.29 is 17.8 Å². The van der Waals surface area contributed by atoms with Gasteiger partial charge >= 0.3 is 5.92 Å². The molecular weight excluding hydrogens is 478 g/mol. The van der Waals surface area contributed by atoms with Gasteiger partial charge < -0.3 is 14.8 Å². The lowest BCUT2D eigenvalue weighted by Gasteiger charge is -2.17. The van der Waals surface area contributed by atoms with Gasteiger partial charge in [-0.1, -0.05) is 17.7 Å². The second-order valence-corrected chi connectivity index (χ2v) is 7.90. The largest absolute Gasteiger partial charge is 0.359 e. The van der Waals surface area contributed by atoms with Crippen LogP contribution in [0, 0.1) is 0 Å². The highest BCUT2D eigenvalue weighted by molar-refractivity contribution is 7.94. The van der Waals surface area contributed by atoms with E-state index in [2.05, 4.69) is 25.6 Å². The van der Waals surface area contributed by atoms with Crippen molar-refractivity contribution in [1.82, 2.24) is 24.8 Å². The van der Waals surface area contributed by atoms with Crippen molar-refractivity contribution in [2.75, 3.05) is 19.0 Å². The number of nitrogens with one attached hydrogen (secondary N) is 2. The Hall–Kier alpha value is -3.09. The molecule has 1 amide bonds. The van der Waals surface area contributed by atoms with Crippen molar-refractivity contribution in [3.05, 3.63) is 75.8 Å². The van der Waals surface area contributed by atoms with Gasteiger partial charge in [0.1, 0.15) is 17.4 Å². The Balaban J connectivity index is 1.67. The summed E-state index contributed by atoms with van der Waals surface area (Å²) < 4.78 is 34.6. The molecule has 13 heteroatoms. The van der Waals surface area contributed by atoms with Crippen LogP contribution in [-0.2, 0) is 28.0 Å². The van der Waals surface area contributed by atoms with Gasteiger partial charge in [-0.15, -0.1) is 0 Å². The predicted molar refractivity (Wildman–Crippen MR) is 119 cm³/mol. The molecule has 3 rings (SSSR count). The minimum atomic E-state index is -3.35. The number of carbonyl (C=O) groups is 1. The maximum Gasteiger partial charge on any atom is 0.306 e. The van der Waals surface area contributed by atoms with E-state index < -0.39 is 36.2 Å². The first-order chi connectivity index (χ1) is 15.8. The molecule has 0 saturated carbocycles. The van der Waals surface area contributed by atoms with Crippen LogP contribution in [-0.4, -0.2) is 39.1 Å². The van der Waals surface area contributed by atoms with E-state index in [4.69, 9.17) is 15.8 Å². The monoisotopic (exact) mass is 496 g/mol. The third kappa shape index (κ3) is 6.46. The number of amides is 1. The number of pyridine rings is 2. The number of aromatic nitrogens is 4. The molecule has 0 aliphatic carbocycles. The standard InChI is InChI=1S/C20H19ClF2N6O3S/c1-32-33-14-5-4-8-24-13(14)9-26-17(30)11-29-16(21)10-27-18(19(29)31)28-12-20(22,23)15-6-2-3-7-25-15/h2-8,10H,9,11-12H2,1H3,(H,26,30)(H,27,28). The van der Waals surface area contributed by atoms with Crippen molar-refractivity contribution in [2.45, 2.75) is 23.9 Å². The van der Waals surface area contributed by atoms with Crippen molar-refractivity contribution in [3.8, 4) is 0 Å². The summed E-state index contributed by atoms with van der Waals surface area (Å²) in [6.45, 7) is -1.27. The Kier molecular flexibility index (Phi) is 8.31. The fourth-order valence-corrected chi connectivity index (χ4v) is 3.42. The number of hydrogen-bond acceptors (Lipinski definition) is 8. The quantitative estimate of drug-likeness (QED) is 0.412. The topological polar surface area (TPSA) is 111 Å². The van der Waals surface area contributed by atoms with Gasteiger partial charge in [0.2, 0.25) is 5.91 Å². The second-order valence-electron chi connectivity index (χ2n) is 6.57. The predicted octanol–water partition coefficient (Wildman–Crippen LogP) is 2.86. The summed E-state index contributed by atoms with van der Waals surface area (Å²) in [6.07, 6.45) is 3.92. The Bertz CT molecular complexity index is 1170. The van der Waals surface area contributed by atoms with Gasteiger partial charge in [0.25, 0.3) is 5.56 Å². The molecule has 174 valence electrons. The molecule has 0 atom stereocenters. The van der Waals surface area contributed by atoms with Gasteiger partial charge in [-0.2, -0.15) is 8.78 Å². The van der Waals surface area contributed by atoms with Crippen molar-refractivity contribution in [2.24, 2.45) is 0 Å². The second kappa shape index (κ2) is 11.2. The van der Waals surface area contributed by atoms with E-state index in [9.17, 15) is 18.4 Å². The van der Waals surface area contributed by atoms with Gasteiger partial charge in [-0.05, 0) is 24.3 Å². The highest BCUT2D eigenvalue weighted by Gasteiger charge is 2.33. The normalized spacial score (nSPS) is 11.3. The van der Waals surface area contributed by atoms with Crippen molar-refractivity contribution >= 4 is 35.4 Å². The van der Waals surface area contributed by atoms with E-state index in [-0.39, 0.29) is 17.5 Å². The van der Waals surface area contributed by atoms with E-state index >= 15 is 0 Å². The molecule has 3 heterocycles. The lowest BCUT2D eigenvalue weighted by atomic mass is 10.2. The zero-order valence-corrected chi connectivity index (χ0v) is 18.9. The van der Waals surface area contributed by atoms with Gasteiger partial charge in [0, 0.05) is 24.4 Å². The van der Waals surface area contributed by atoms with Crippen LogP contribution in [0.4, 0.5) is 14.6 Å². The van der Waals surface area contributed by atoms with Crippen molar-refractivity contribution in [1.29, 1.82) is 0 Å². The van der Waals surface area contributed by atoms with Crippen LogP contribution < -0.4 is 16.2 Å². The lowest BCUT2D eigenvalue weighted by molar-refractivity contribution is -0.121. The van der Waals surface area contributed by atoms with E-state index in [1.807, 2.05) is 0 Å². The number of nitrogens with zero attached hydrogens (tertiary/aromatic N) is 4. The molecule has 9 nitrogen and oxygen atoms in total. The van der Waals surface area contributed by atoms with Crippen LogP contribution >= 0.6 is 23.6 Å². The fraction of sp³-hybridized carbons (Fsp3) is 0.250. The molecule has 0 unspecified atom stereocenters. The maximum absolute atomic E-state index is 14.3. The minimum Gasteiger partial charge on any atom is -0.359 e. The van der Waals surface area contributed by atoms with Crippen LogP contribution in [0.3, 0.4) is 0 Å². The van der Waals surface area contributed by atoms with Gasteiger partial charge in [-0.3, -0.25) is 24.1 Å². The summed E-state index contributed by atoms with van der Waals surface area (Å²) in [4.78, 5) is 37.4. The molecule has 0 bridgehead atoms. The number of carbonyl (C=O) groups excluding carboxylic acids is 1. The van der Waals surface area contributed by atoms with E-state index in [1.54, 1.807) is 18.3 Å². The number of hydrogen-bond donors (Lipinski definition) is 2. The van der Waals surface area contributed by atoms with Crippen LogP contribution in [0.2, 0.25) is 5.15 Å². The molecule has 3 aromatic rings. The molecule has 0 radical (unpaired) electrons. The maximum atomic E-state index is 14.3. The number of anilines is 1. The Labute approximate surface area is 196 Å². The zero-order valence-electron chi connectivity index (χ0n) is 17.3. The van der Waals surface area contributed by atoms with Gasteiger partial charge in [0.15, 0.2) is 5.82 Å². The van der Waals surface area contributed by atoms with Gasteiger partial charge in [-0.25, -0.2) is 4.98 Å². The molecule has 0 aliphatic rings. The summed E-state index contributed by atoms with van der Waals surface area (Å²) in [5.74, 6) is -4.25. The third-order valence-corrected chi connectivity index (χ3v) is 5.32. The molecule has 0 fully saturated rings. The molecule has 33 heavy (non-hydrogen) atoms. The molecule has 0 saturated heterocycles. The Morgan fingerprint density at radius 2 is 2.00 bits per heavy atom. The molecular formula is C20H19ClF2N6O3S. The fourth-order valence-electron chi connectivity index (χ4n) is 2.70. The first kappa shape index (κ1) is 24.6. The Morgan fingerprint density at radius 3 is 2.73 bits per heavy atom. The molecule has 0 aromatic carbocycles. The number of alkyl halides is 2. The van der Waals surface area contributed by atoms with Crippen LogP contribution in [0.1, 0.15) is 11.4 Å². The van der Waals surface area contributed by atoms with Crippen LogP contribution in [0.25, 0.3) is 0 Å². The third-order valence-electron chi connectivity index (χ3n) is 4.30. The lowest BCUT2D eigenvalue weighted by Crippen LogP contribution is -2.35. The summed E-state index contributed by atoms with van der Waals surface area (Å²) in [7, 11) is 1.51. The Morgan fingerprint density at radius 1 is 1.21 bits per heavy atom. The number of halogens is 3. The van der Waals surface area contributed by atoms with Crippen LogP contribution in [0.5, 0.6) is 0 Å². The van der Waals surface area contributed by atoms with E-state index in [1.165, 1.54) is 31.5 Å². The molecule has 2 N–H and O–H groups in total. The highest BCUT2D eigenvalue weighted by atomic mass is 35.5. The van der Waals surface area contributed by atoms with Gasteiger partial charge in [0.05, 0.1) is 37.0 Å². The summed E-state index contributed by atoms with van der Waals surface area (Å²) >= 11 is 7.12. The molecule has 0 spiro atoms. The SMILES string of the molecule is COSc1cccnc1CNC(=O)Cn1c(Cl)cnc(NCC(F)(F)c2ccccn2)c1=O. The molecule has 3 aromatic heterocycles. The number of rotatable bonds is 10. The smallest absolute Gasteiger partial charge is 0.306 e. The van der Waals surface area contributed by atoms with Crippen molar-refractivity contribution in [3.63, 3.8) is 0 Å². The zero-order chi connectivity index (χ0) is 23.8. The summed E-state index contributed by atoms with van der Waals surface area (Å²) in [5.41, 5.74) is -0.695.